The quantitative estimate of drug-likeness (QED) is 0.402. The van der Waals surface area contributed by atoms with Crippen molar-refractivity contribution in [2.24, 2.45) is 11.8 Å². The van der Waals surface area contributed by atoms with Gasteiger partial charge in [-0.25, -0.2) is 0 Å². The monoisotopic (exact) mass is 314 g/mol. The van der Waals surface area contributed by atoms with Crippen molar-refractivity contribution in [3.05, 3.63) is 12.2 Å². The Balaban J connectivity index is 1.82. The van der Waals surface area contributed by atoms with E-state index in [4.69, 9.17) is 14.6 Å². The van der Waals surface area contributed by atoms with E-state index in [1.807, 2.05) is 0 Å². The summed E-state index contributed by atoms with van der Waals surface area (Å²) in [6, 6.07) is 0. The van der Waals surface area contributed by atoms with Crippen LogP contribution in [0.2, 0.25) is 0 Å². The first kappa shape index (κ1) is 16.8. The van der Waals surface area contributed by atoms with Gasteiger partial charge in [0.15, 0.2) is 6.29 Å². The zero-order valence-electron chi connectivity index (χ0n) is 12.9. The molecule has 4 nitrogen and oxygen atoms in total. The van der Waals surface area contributed by atoms with E-state index in [2.05, 4.69) is 23.9 Å². The van der Waals surface area contributed by atoms with Crippen molar-refractivity contribution in [3.63, 3.8) is 0 Å². The lowest BCUT2D eigenvalue weighted by atomic mass is 9.77. The molecule has 0 saturated carbocycles. The number of hydrogen-bond donors (Lipinski definition) is 1. The third-order valence-corrected chi connectivity index (χ3v) is 6.44. The van der Waals surface area contributed by atoms with Gasteiger partial charge in [-0.3, -0.25) is 4.79 Å². The predicted octanol–water partition coefficient (Wildman–Crippen LogP) is 3.32. The highest BCUT2D eigenvalue weighted by atomic mass is 32.2. The maximum atomic E-state index is 10.5. The summed E-state index contributed by atoms with van der Waals surface area (Å²) in [4.78, 5) is 10.5. The molecular weight excluding hydrogens is 288 g/mol. The van der Waals surface area contributed by atoms with Crippen LogP contribution in [0.25, 0.3) is 0 Å². The molecule has 0 unspecified atom stereocenters. The average molecular weight is 314 g/mol. The van der Waals surface area contributed by atoms with Crippen molar-refractivity contribution in [1.82, 2.24) is 0 Å². The lowest BCUT2D eigenvalue weighted by molar-refractivity contribution is -0.150. The fourth-order valence-corrected chi connectivity index (χ4v) is 5.65. The molecule has 2 bridgehead atoms. The number of unbranched alkanes of at least 4 members (excludes halogenated alkanes) is 1. The number of carbonyl (C=O) groups is 1. The van der Waals surface area contributed by atoms with Crippen LogP contribution in [0.15, 0.2) is 12.2 Å². The van der Waals surface area contributed by atoms with Crippen molar-refractivity contribution in [3.8, 4) is 0 Å². The number of rotatable bonds is 9. The van der Waals surface area contributed by atoms with Gasteiger partial charge >= 0.3 is 5.97 Å². The maximum absolute atomic E-state index is 10.5. The van der Waals surface area contributed by atoms with Crippen LogP contribution in [-0.2, 0) is 14.3 Å². The summed E-state index contributed by atoms with van der Waals surface area (Å²) in [5.74, 6) is 0.387. The largest absolute Gasteiger partial charge is 0.481 e. The average Bonchev–Trinajstić information content (AvgIpc) is 3.05. The van der Waals surface area contributed by atoms with E-state index in [0.29, 0.717) is 17.1 Å². The van der Waals surface area contributed by atoms with Crippen LogP contribution in [0.5, 0.6) is 0 Å². The van der Waals surface area contributed by atoms with E-state index in [9.17, 15) is 4.79 Å². The van der Waals surface area contributed by atoms with E-state index in [0.717, 1.165) is 24.5 Å². The van der Waals surface area contributed by atoms with E-state index in [1.165, 1.54) is 12.8 Å². The van der Waals surface area contributed by atoms with Gasteiger partial charge in [-0.2, -0.15) is 11.8 Å². The first-order valence-electron chi connectivity index (χ1n) is 7.75. The highest BCUT2D eigenvalue weighted by molar-refractivity contribution is 8.01. The predicted molar refractivity (Wildman–Crippen MR) is 84.4 cm³/mol. The molecule has 120 valence electrons. The molecule has 2 aliphatic rings. The number of allylic oxidation sites excluding steroid dienone is 2. The third kappa shape index (κ3) is 4.24. The summed E-state index contributed by atoms with van der Waals surface area (Å²) in [6.45, 7) is 0. The van der Waals surface area contributed by atoms with Crippen LogP contribution >= 0.6 is 11.8 Å². The lowest BCUT2D eigenvalue weighted by Gasteiger charge is -2.33. The number of carboxylic acids is 1. The van der Waals surface area contributed by atoms with Gasteiger partial charge < -0.3 is 14.6 Å². The maximum Gasteiger partial charge on any atom is 0.303 e. The second-order valence-corrected chi connectivity index (χ2v) is 7.35. The topological polar surface area (TPSA) is 55.8 Å². The van der Waals surface area contributed by atoms with Crippen molar-refractivity contribution < 1.29 is 19.4 Å². The Labute approximate surface area is 131 Å². The van der Waals surface area contributed by atoms with Crippen LogP contribution < -0.4 is 0 Å². The third-order valence-electron chi connectivity index (χ3n) is 4.60. The Kier molecular flexibility index (Phi) is 6.58. The molecule has 5 heteroatoms. The molecule has 0 aliphatic carbocycles. The number of carboxylic acid groups (broad SMARTS) is 1. The Morgan fingerprint density at radius 1 is 1.29 bits per heavy atom. The molecule has 0 aromatic rings. The first-order valence-corrected chi connectivity index (χ1v) is 8.69. The fraction of sp³-hybridized carbons (Fsp3) is 0.812. The first-order chi connectivity index (χ1) is 10.2. The van der Waals surface area contributed by atoms with Crippen LogP contribution in [0.1, 0.15) is 38.5 Å². The van der Waals surface area contributed by atoms with Crippen LogP contribution in [-0.4, -0.2) is 42.1 Å². The van der Waals surface area contributed by atoms with Gasteiger partial charge in [-0.1, -0.05) is 12.2 Å². The Hall–Kier alpha value is -0.520. The van der Waals surface area contributed by atoms with Crippen molar-refractivity contribution in [2.75, 3.05) is 14.2 Å². The second-order valence-electron chi connectivity index (χ2n) is 5.86. The summed E-state index contributed by atoms with van der Waals surface area (Å²) < 4.78 is 11.0. The SMILES string of the molecule is COC(OC)[C@@H]1[C@H](CC=CCCCC(=O)O)[C@@H]2CC[C@H]1S2. The van der Waals surface area contributed by atoms with E-state index in [-0.39, 0.29) is 12.7 Å². The standard InChI is InChI=1S/C16H26O4S/c1-19-16(20-2)15-11(12-9-10-13(15)21-12)7-5-3-4-6-8-14(17)18/h3,5,11-13,15-16H,4,6-10H2,1-2H3,(H,17,18)/t11-,12+,13-,15-/m1/s1. The molecule has 2 aliphatic heterocycles. The molecule has 2 saturated heterocycles. The molecular formula is C16H26O4S. The smallest absolute Gasteiger partial charge is 0.303 e. The number of fused-ring (bicyclic) bond motifs is 2. The van der Waals surface area contributed by atoms with Gasteiger partial charge in [0.25, 0.3) is 0 Å². The van der Waals surface area contributed by atoms with Crippen molar-refractivity contribution in [2.45, 2.75) is 55.3 Å². The molecule has 4 atom stereocenters. The molecule has 0 aromatic heterocycles. The summed E-state index contributed by atoms with van der Waals surface area (Å²) in [6.07, 6.45) is 9.72. The second kappa shape index (κ2) is 8.20. The normalized spacial score (nSPS) is 31.6. The lowest BCUT2D eigenvalue weighted by Crippen LogP contribution is -2.38. The highest BCUT2D eigenvalue weighted by Gasteiger charge is 2.51. The summed E-state index contributed by atoms with van der Waals surface area (Å²) in [5.41, 5.74) is 0. The molecule has 0 aromatic carbocycles. The zero-order valence-corrected chi connectivity index (χ0v) is 13.7. The molecule has 0 amide bonds. The van der Waals surface area contributed by atoms with Crippen molar-refractivity contribution >= 4 is 17.7 Å². The minimum atomic E-state index is -0.712. The molecule has 1 N–H and O–H groups in total. The van der Waals surface area contributed by atoms with E-state index < -0.39 is 5.97 Å². The van der Waals surface area contributed by atoms with Gasteiger partial charge in [-0.15, -0.1) is 0 Å². The summed E-state index contributed by atoms with van der Waals surface area (Å²) >= 11 is 2.11. The molecule has 21 heavy (non-hydrogen) atoms. The van der Waals surface area contributed by atoms with Gasteiger partial charge in [0.2, 0.25) is 0 Å². The van der Waals surface area contributed by atoms with Gasteiger partial charge in [-0.05, 0) is 38.0 Å². The van der Waals surface area contributed by atoms with Crippen LogP contribution in [0.4, 0.5) is 0 Å². The molecule has 2 heterocycles. The van der Waals surface area contributed by atoms with Crippen LogP contribution in [0, 0.1) is 11.8 Å². The Bertz CT molecular complexity index is 367. The number of thioether (sulfide) groups is 1. The van der Waals surface area contributed by atoms with E-state index in [1.54, 1.807) is 14.2 Å². The number of hydrogen-bond acceptors (Lipinski definition) is 4. The Morgan fingerprint density at radius 2 is 2.00 bits per heavy atom. The van der Waals surface area contributed by atoms with Crippen molar-refractivity contribution in [1.29, 1.82) is 0 Å². The summed E-state index contributed by atoms with van der Waals surface area (Å²) in [5, 5.41) is 10.0. The fourth-order valence-electron chi connectivity index (χ4n) is 3.65. The van der Waals surface area contributed by atoms with Gasteiger partial charge in [0, 0.05) is 37.1 Å². The molecule has 2 fully saturated rings. The van der Waals surface area contributed by atoms with Crippen LogP contribution in [0.3, 0.4) is 0 Å². The Morgan fingerprint density at radius 3 is 2.67 bits per heavy atom. The molecule has 0 spiro atoms. The molecule has 0 radical (unpaired) electrons. The van der Waals surface area contributed by atoms with E-state index >= 15 is 0 Å². The van der Waals surface area contributed by atoms with Gasteiger partial charge in [0.1, 0.15) is 0 Å². The number of ether oxygens (including phenoxy) is 2. The highest BCUT2D eigenvalue weighted by Crippen LogP contribution is 2.55. The minimum Gasteiger partial charge on any atom is -0.481 e. The van der Waals surface area contributed by atoms with Gasteiger partial charge in [0.05, 0.1) is 0 Å². The zero-order chi connectivity index (χ0) is 15.2. The summed E-state index contributed by atoms with van der Waals surface area (Å²) in [7, 11) is 3.45. The molecule has 2 rings (SSSR count). The number of methoxy groups -OCH3 is 2. The minimum absolute atomic E-state index is 0.0989. The number of aliphatic carboxylic acids is 1.